The van der Waals surface area contributed by atoms with Crippen LogP contribution in [-0.4, -0.2) is 5.91 Å². The Hall–Kier alpha value is -1.61. The highest BCUT2D eigenvalue weighted by Crippen LogP contribution is 2.18. The smallest absolute Gasteiger partial charge is 0.255 e. The fourth-order valence-electron chi connectivity index (χ4n) is 1.51. The molecule has 0 radical (unpaired) electrons. The van der Waals surface area contributed by atoms with Crippen molar-refractivity contribution in [3.05, 3.63) is 64.1 Å². The van der Waals surface area contributed by atoms with Crippen molar-refractivity contribution >= 4 is 27.5 Å². The van der Waals surface area contributed by atoms with E-state index in [9.17, 15) is 4.79 Å². The minimum absolute atomic E-state index is 0.0909. The zero-order chi connectivity index (χ0) is 12.3. The third-order valence-electron chi connectivity index (χ3n) is 2.45. The van der Waals surface area contributed by atoms with Gasteiger partial charge in [-0.1, -0.05) is 34.1 Å². The number of rotatable bonds is 2. The Morgan fingerprint density at radius 3 is 2.47 bits per heavy atom. The predicted molar refractivity (Wildman–Crippen MR) is 73.3 cm³/mol. The molecule has 0 aliphatic heterocycles. The maximum absolute atomic E-state index is 12.0. The Labute approximate surface area is 109 Å². The fraction of sp³-hybridized carbons (Fsp3) is 0.0714. The molecule has 0 aliphatic rings. The lowest BCUT2D eigenvalue weighted by Crippen LogP contribution is -2.11. The van der Waals surface area contributed by atoms with E-state index in [-0.39, 0.29) is 5.91 Å². The number of halogens is 1. The summed E-state index contributed by atoms with van der Waals surface area (Å²) in [5, 5.41) is 2.85. The van der Waals surface area contributed by atoms with Gasteiger partial charge >= 0.3 is 0 Å². The van der Waals surface area contributed by atoms with E-state index in [4.69, 9.17) is 0 Å². The monoisotopic (exact) mass is 289 g/mol. The average Bonchev–Trinajstić information content (AvgIpc) is 2.34. The first-order valence-electron chi connectivity index (χ1n) is 5.29. The molecule has 0 heterocycles. The summed E-state index contributed by atoms with van der Waals surface area (Å²) >= 11 is 3.41. The molecule has 0 bridgehead atoms. The van der Waals surface area contributed by atoms with Crippen LogP contribution in [0.4, 0.5) is 5.69 Å². The van der Waals surface area contributed by atoms with Gasteiger partial charge in [0.05, 0.1) is 0 Å². The Kier molecular flexibility index (Phi) is 3.59. The lowest BCUT2D eigenvalue weighted by molar-refractivity contribution is 0.102. The Bertz CT molecular complexity index is 537. The summed E-state index contributed by atoms with van der Waals surface area (Å²) in [4.78, 5) is 12.0. The van der Waals surface area contributed by atoms with Gasteiger partial charge < -0.3 is 5.32 Å². The van der Waals surface area contributed by atoms with Crippen molar-refractivity contribution in [1.82, 2.24) is 0 Å². The van der Waals surface area contributed by atoms with Crippen LogP contribution in [0.2, 0.25) is 0 Å². The molecule has 17 heavy (non-hydrogen) atoms. The molecule has 0 aromatic heterocycles. The molecule has 0 aliphatic carbocycles. The minimum atomic E-state index is -0.0909. The lowest BCUT2D eigenvalue weighted by atomic mass is 10.1. The zero-order valence-electron chi connectivity index (χ0n) is 9.41. The third-order valence-corrected chi connectivity index (χ3v) is 3.34. The molecular weight excluding hydrogens is 278 g/mol. The van der Waals surface area contributed by atoms with Gasteiger partial charge in [0.15, 0.2) is 0 Å². The van der Waals surface area contributed by atoms with Crippen molar-refractivity contribution in [3.63, 3.8) is 0 Å². The number of aryl methyl sites for hydroxylation is 1. The highest BCUT2D eigenvalue weighted by atomic mass is 79.9. The summed E-state index contributed by atoms with van der Waals surface area (Å²) < 4.78 is 1.01. The largest absolute Gasteiger partial charge is 0.322 e. The molecule has 3 heteroatoms. The van der Waals surface area contributed by atoms with E-state index >= 15 is 0 Å². The first-order chi connectivity index (χ1) is 8.16. The predicted octanol–water partition coefficient (Wildman–Crippen LogP) is 4.01. The summed E-state index contributed by atoms with van der Waals surface area (Å²) in [6.45, 7) is 1.96. The van der Waals surface area contributed by atoms with Crippen LogP contribution >= 0.6 is 15.9 Å². The van der Waals surface area contributed by atoms with Gasteiger partial charge in [0.25, 0.3) is 5.91 Å². The molecule has 86 valence electrons. The molecule has 2 aromatic rings. The standard InChI is InChI=1S/C14H12BrNO/c1-10-9-11(7-8-13(10)15)14(17)16-12-5-3-2-4-6-12/h2-9H,1H3,(H,16,17). The summed E-state index contributed by atoms with van der Waals surface area (Å²) in [7, 11) is 0. The molecule has 0 spiro atoms. The molecule has 0 fully saturated rings. The number of anilines is 1. The second-order valence-corrected chi connectivity index (χ2v) is 4.64. The van der Waals surface area contributed by atoms with Crippen molar-refractivity contribution in [2.75, 3.05) is 5.32 Å². The molecule has 1 amide bonds. The van der Waals surface area contributed by atoms with Gasteiger partial charge in [-0.2, -0.15) is 0 Å². The van der Waals surface area contributed by atoms with Crippen molar-refractivity contribution in [2.45, 2.75) is 6.92 Å². The average molecular weight is 290 g/mol. The molecule has 1 N–H and O–H groups in total. The van der Waals surface area contributed by atoms with Crippen LogP contribution in [0.3, 0.4) is 0 Å². The van der Waals surface area contributed by atoms with Gasteiger partial charge in [-0.05, 0) is 42.8 Å². The number of nitrogens with one attached hydrogen (secondary N) is 1. The van der Waals surface area contributed by atoms with E-state index in [0.29, 0.717) is 5.56 Å². The Morgan fingerprint density at radius 2 is 1.82 bits per heavy atom. The number of amides is 1. The molecule has 2 nitrogen and oxygen atoms in total. The highest BCUT2D eigenvalue weighted by molar-refractivity contribution is 9.10. The maximum atomic E-state index is 12.0. The molecule has 0 atom stereocenters. The van der Waals surface area contributed by atoms with Crippen LogP contribution in [0.15, 0.2) is 53.0 Å². The normalized spacial score (nSPS) is 10.0. The van der Waals surface area contributed by atoms with Crippen LogP contribution in [0.5, 0.6) is 0 Å². The summed E-state index contributed by atoms with van der Waals surface area (Å²) in [5.74, 6) is -0.0909. The van der Waals surface area contributed by atoms with Crippen LogP contribution in [0, 0.1) is 6.92 Å². The number of hydrogen-bond acceptors (Lipinski definition) is 1. The molecule has 2 rings (SSSR count). The van der Waals surface area contributed by atoms with Crippen molar-refractivity contribution in [1.29, 1.82) is 0 Å². The number of para-hydroxylation sites is 1. The van der Waals surface area contributed by atoms with E-state index in [0.717, 1.165) is 15.7 Å². The van der Waals surface area contributed by atoms with Gasteiger partial charge in [0.2, 0.25) is 0 Å². The lowest BCUT2D eigenvalue weighted by Gasteiger charge is -2.06. The SMILES string of the molecule is Cc1cc(C(=O)Nc2ccccc2)ccc1Br. The van der Waals surface area contributed by atoms with Crippen LogP contribution in [0.1, 0.15) is 15.9 Å². The van der Waals surface area contributed by atoms with E-state index in [1.165, 1.54) is 0 Å². The number of carbonyl (C=O) groups is 1. The van der Waals surface area contributed by atoms with E-state index < -0.39 is 0 Å². The minimum Gasteiger partial charge on any atom is -0.322 e. The number of benzene rings is 2. The summed E-state index contributed by atoms with van der Waals surface area (Å²) in [6, 6.07) is 15.0. The van der Waals surface area contributed by atoms with Crippen molar-refractivity contribution in [2.24, 2.45) is 0 Å². The van der Waals surface area contributed by atoms with Crippen molar-refractivity contribution < 1.29 is 4.79 Å². The second kappa shape index (κ2) is 5.15. The van der Waals surface area contributed by atoms with Crippen LogP contribution in [0.25, 0.3) is 0 Å². The van der Waals surface area contributed by atoms with Gasteiger partial charge in [-0.3, -0.25) is 4.79 Å². The first-order valence-corrected chi connectivity index (χ1v) is 6.08. The zero-order valence-corrected chi connectivity index (χ0v) is 11.0. The van der Waals surface area contributed by atoms with Gasteiger partial charge in [-0.15, -0.1) is 0 Å². The van der Waals surface area contributed by atoms with E-state index in [1.54, 1.807) is 6.07 Å². The summed E-state index contributed by atoms with van der Waals surface area (Å²) in [6.07, 6.45) is 0. The molecular formula is C14H12BrNO. The fourth-order valence-corrected chi connectivity index (χ4v) is 1.76. The molecule has 2 aromatic carbocycles. The second-order valence-electron chi connectivity index (χ2n) is 3.78. The quantitative estimate of drug-likeness (QED) is 0.889. The third kappa shape index (κ3) is 2.94. The topological polar surface area (TPSA) is 29.1 Å². The van der Waals surface area contributed by atoms with E-state index in [2.05, 4.69) is 21.2 Å². The van der Waals surface area contributed by atoms with Gasteiger partial charge in [0, 0.05) is 15.7 Å². The van der Waals surface area contributed by atoms with Gasteiger partial charge in [-0.25, -0.2) is 0 Å². The van der Waals surface area contributed by atoms with Crippen molar-refractivity contribution in [3.8, 4) is 0 Å². The molecule has 0 unspecified atom stereocenters. The maximum Gasteiger partial charge on any atom is 0.255 e. The Morgan fingerprint density at radius 1 is 1.12 bits per heavy atom. The van der Waals surface area contributed by atoms with Crippen LogP contribution < -0.4 is 5.32 Å². The number of hydrogen-bond donors (Lipinski definition) is 1. The van der Waals surface area contributed by atoms with Gasteiger partial charge in [0.1, 0.15) is 0 Å². The summed E-state index contributed by atoms with van der Waals surface area (Å²) in [5.41, 5.74) is 2.51. The van der Waals surface area contributed by atoms with E-state index in [1.807, 2.05) is 49.4 Å². The first kappa shape index (κ1) is 11.9. The highest BCUT2D eigenvalue weighted by Gasteiger charge is 2.06. The Balaban J connectivity index is 2.18. The van der Waals surface area contributed by atoms with Crippen LogP contribution in [-0.2, 0) is 0 Å². The molecule has 0 saturated carbocycles. The number of carbonyl (C=O) groups excluding carboxylic acids is 1. The molecule has 0 saturated heterocycles.